The van der Waals surface area contributed by atoms with Gasteiger partial charge in [0, 0.05) is 32.8 Å². The third-order valence-corrected chi connectivity index (χ3v) is 4.54. The molecular weight excluding hydrogens is 224 g/mol. The maximum absolute atomic E-state index is 5.24. The van der Waals surface area contributed by atoms with Gasteiger partial charge in [0.25, 0.3) is 0 Å². The molecule has 1 N–H and O–H groups in total. The summed E-state index contributed by atoms with van der Waals surface area (Å²) in [7, 11) is 1.82. The van der Waals surface area contributed by atoms with Crippen molar-refractivity contribution in [3.63, 3.8) is 0 Å². The minimum Gasteiger partial charge on any atom is -0.385 e. The van der Waals surface area contributed by atoms with Crippen LogP contribution in [0.5, 0.6) is 0 Å². The van der Waals surface area contributed by atoms with Crippen LogP contribution in [0.25, 0.3) is 0 Å². The van der Waals surface area contributed by atoms with Gasteiger partial charge in [0.15, 0.2) is 0 Å². The molecule has 2 fully saturated rings. The normalized spacial score (nSPS) is 27.0. The number of hydrogen-bond acceptors (Lipinski definition) is 3. The van der Waals surface area contributed by atoms with E-state index in [1.807, 2.05) is 7.11 Å². The summed E-state index contributed by atoms with van der Waals surface area (Å²) in [6, 6.07) is 0.621. The summed E-state index contributed by atoms with van der Waals surface area (Å²) in [5, 5.41) is 3.57. The maximum atomic E-state index is 5.24. The Morgan fingerprint density at radius 3 is 2.78 bits per heavy atom. The zero-order valence-corrected chi connectivity index (χ0v) is 12.4. The first-order chi connectivity index (χ1) is 8.63. The second kappa shape index (κ2) is 6.36. The number of methoxy groups -OCH3 is 1. The second-order valence-corrected chi connectivity index (χ2v) is 6.70. The van der Waals surface area contributed by atoms with Gasteiger partial charge in [0.1, 0.15) is 0 Å². The van der Waals surface area contributed by atoms with Gasteiger partial charge in [-0.25, -0.2) is 0 Å². The van der Waals surface area contributed by atoms with Gasteiger partial charge < -0.3 is 15.0 Å². The summed E-state index contributed by atoms with van der Waals surface area (Å²) in [5.74, 6) is 0.866. The Kier molecular flexibility index (Phi) is 5.05. The van der Waals surface area contributed by atoms with E-state index in [2.05, 4.69) is 24.1 Å². The average molecular weight is 254 g/mol. The number of rotatable bonds is 8. The highest BCUT2D eigenvalue weighted by Gasteiger charge is 2.44. The summed E-state index contributed by atoms with van der Waals surface area (Å²) in [6.45, 7) is 10.5. The van der Waals surface area contributed by atoms with E-state index >= 15 is 0 Å². The summed E-state index contributed by atoms with van der Waals surface area (Å²) in [6.07, 6.45) is 5.47. The van der Waals surface area contributed by atoms with Gasteiger partial charge >= 0.3 is 0 Å². The van der Waals surface area contributed by atoms with E-state index in [4.69, 9.17) is 4.74 Å². The standard InChI is InChI=1S/C15H30N2O/c1-13(2)16-10-14-4-8-17(11-14)12-15(5-6-15)7-9-18-3/h13-14,16H,4-12H2,1-3H3. The van der Waals surface area contributed by atoms with Crippen LogP contribution in [0.15, 0.2) is 0 Å². The van der Waals surface area contributed by atoms with E-state index in [-0.39, 0.29) is 0 Å². The van der Waals surface area contributed by atoms with Crippen LogP contribution in [0.4, 0.5) is 0 Å². The highest BCUT2D eigenvalue weighted by molar-refractivity contribution is 4.96. The number of likely N-dealkylation sites (tertiary alicyclic amines) is 1. The zero-order valence-electron chi connectivity index (χ0n) is 12.4. The van der Waals surface area contributed by atoms with E-state index in [9.17, 15) is 0 Å². The molecule has 2 rings (SSSR count). The first-order valence-electron chi connectivity index (χ1n) is 7.58. The molecule has 106 valence electrons. The van der Waals surface area contributed by atoms with Crippen molar-refractivity contribution in [2.45, 2.75) is 45.6 Å². The topological polar surface area (TPSA) is 24.5 Å². The first kappa shape index (κ1) is 14.3. The molecular formula is C15H30N2O. The van der Waals surface area contributed by atoms with Crippen molar-refractivity contribution >= 4 is 0 Å². The minimum absolute atomic E-state index is 0.621. The molecule has 1 atom stereocenters. The van der Waals surface area contributed by atoms with E-state index in [1.54, 1.807) is 0 Å². The van der Waals surface area contributed by atoms with Crippen LogP contribution in [0.3, 0.4) is 0 Å². The van der Waals surface area contributed by atoms with Gasteiger partial charge in [0.2, 0.25) is 0 Å². The van der Waals surface area contributed by atoms with Crippen LogP contribution >= 0.6 is 0 Å². The smallest absolute Gasteiger partial charge is 0.0468 e. The lowest BCUT2D eigenvalue weighted by atomic mass is 10.0. The molecule has 3 nitrogen and oxygen atoms in total. The molecule has 1 aliphatic carbocycles. The molecule has 0 aromatic rings. The van der Waals surface area contributed by atoms with E-state index in [0.29, 0.717) is 11.5 Å². The van der Waals surface area contributed by atoms with Crippen molar-refractivity contribution in [3.8, 4) is 0 Å². The Morgan fingerprint density at radius 1 is 1.39 bits per heavy atom. The monoisotopic (exact) mass is 254 g/mol. The molecule has 0 aromatic heterocycles. The Labute approximate surface area is 112 Å². The molecule has 1 aliphatic heterocycles. The van der Waals surface area contributed by atoms with Crippen LogP contribution in [0.1, 0.15) is 39.5 Å². The molecule has 2 aliphatic rings. The van der Waals surface area contributed by atoms with Gasteiger partial charge in [-0.3, -0.25) is 0 Å². The SMILES string of the molecule is COCCC1(CN2CCC(CNC(C)C)C2)CC1. The van der Waals surface area contributed by atoms with E-state index < -0.39 is 0 Å². The van der Waals surface area contributed by atoms with Crippen LogP contribution < -0.4 is 5.32 Å². The first-order valence-corrected chi connectivity index (χ1v) is 7.58. The lowest BCUT2D eigenvalue weighted by Crippen LogP contribution is -2.33. The largest absolute Gasteiger partial charge is 0.385 e. The number of hydrogen-bond donors (Lipinski definition) is 1. The van der Waals surface area contributed by atoms with Crippen molar-refractivity contribution in [1.29, 1.82) is 0 Å². The maximum Gasteiger partial charge on any atom is 0.0468 e. The van der Waals surface area contributed by atoms with Crippen molar-refractivity contribution in [2.24, 2.45) is 11.3 Å². The molecule has 1 saturated heterocycles. The summed E-state index contributed by atoms with van der Waals surface area (Å²) >= 11 is 0. The molecule has 3 heteroatoms. The van der Waals surface area contributed by atoms with Gasteiger partial charge in [-0.1, -0.05) is 13.8 Å². The lowest BCUT2D eigenvalue weighted by molar-refractivity contribution is 0.153. The highest BCUT2D eigenvalue weighted by Crippen LogP contribution is 2.49. The Morgan fingerprint density at radius 2 is 2.17 bits per heavy atom. The highest BCUT2D eigenvalue weighted by atomic mass is 16.5. The van der Waals surface area contributed by atoms with Crippen molar-refractivity contribution in [2.75, 3.05) is 39.9 Å². The lowest BCUT2D eigenvalue weighted by Gasteiger charge is -2.23. The summed E-state index contributed by atoms with van der Waals surface area (Å²) in [4.78, 5) is 2.69. The minimum atomic E-state index is 0.621. The van der Waals surface area contributed by atoms with Crippen LogP contribution in [0.2, 0.25) is 0 Å². The predicted molar refractivity (Wildman–Crippen MR) is 75.8 cm³/mol. The fraction of sp³-hybridized carbons (Fsp3) is 1.00. The van der Waals surface area contributed by atoms with Gasteiger partial charge in [0.05, 0.1) is 0 Å². The molecule has 0 radical (unpaired) electrons. The molecule has 0 spiro atoms. The molecule has 18 heavy (non-hydrogen) atoms. The molecule has 0 bridgehead atoms. The summed E-state index contributed by atoms with van der Waals surface area (Å²) < 4.78 is 5.24. The van der Waals surface area contributed by atoms with Crippen LogP contribution in [-0.2, 0) is 4.74 Å². The van der Waals surface area contributed by atoms with Gasteiger partial charge in [-0.05, 0) is 50.1 Å². The fourth-order valence-corrected chi connectivity index (χ4v) is 3.08. The van der Waals surface area contributed by atoms with Crippen molar-refractivity contribution in [3.05, 3.63) is 0 Å². The Hall–Kier alpha value is -0.120. The Balaban J connectivity index is 1.66. The molecule has 0 aromatic carbocycles. The van der Waals surface area contributed by atoms with Gasteiger partial charge in [-0.15, -0.1) is 0 Å². The van der Waals surface area contributed by atoms with E-state index in [1.165, 1.54) is 51.9 Å². The molecule has 1 heterocycles. The van der Waals surface area contributed by atoms with Crippen molar-refractivity contribution < 1.29 is 4.74 Å². The Bertz CT molecular complexity index is 251. The number of nitrogens with one attached hydrogen (secondary N) is 1. The van der Waals surface area contributed by atoms with Crippen molar-refractivity contribution in [1.82, 2.24) is 10.2 Å². The molecule has 0 amide bonds. The quantitative estimate of drug-likeness (QED) is 0.718. The predicted octanol–water partition coefficient (Wildman–Crippen LogP) is 2.12. The molecule has 1 saturated carbocycles. The fourth-order valence-electron chi connectivity index (χ4n) is 3.08. The van der Waals surface area contributed by atoms with Crippen LogP contribution in [0, 0.1) is 11.3 Å². The number of nitrogens with zero attached hydrogens (tertiary/aromatic N) is 1. The third-order valence-electron chi connectivity index (χ3n) is 4.54. The number of ether oxygens (including phenoxy) is 1. The van der Waals surface area contributed by atoms with Gasteiger partial charge in [-0.2, -0.15) is 0 Å². The third kappa shape index (κ3) is 4.22. The van der Waals surface area contributed by atoms with Crippen LogP contribution in [-0.4, -0.2) is 50.8 Å². The average Bonchev–Trinajstić information content (AvgIpc) is 2.95. The molecule has 1 unspecified atom stereocenters. The zero-order chi connectivity index (χ0) is 13.0. The van der Waals surface area contributed by atoms with E-state index in [0.717, 1.165) is 12.5 Å². The summed E-state index contributed by atoms with van der Waals surface area (Å²) in [5.41, 5.74) is 0.621. The second-order valence-electron chi connectivity index (χ2n) is 6.70.